The summed E-state index contributed by atoms with van der Waals surface area (Å²) in [7, 11) is 0. The van der Waals surface area contributed by atoms with Crippen molar-refractivity contribution in [1.82, 2.24) is 10.6 Å². The van der Waals surface area contributed by atoms with Crippen molar-refractivity contribution in [1.29, 1.82) is 0 Å². The Morgan fingerprint density at radius 1 is 1.33 bits per heavy atom. The predicted molar refractivity (Wildman–Crippen MR) is 78.4 cm³/mol. The van der Waals surface area contributed by atoms with Gasteiger partial charge in [0.2, 0.25) is 0 Å². The van der Waals surface area contributed by atoms with Gasteiger partial charge in [0.1, 0.15) is 0 Å². The van der Waals surface area contributed by atoms with Crippen molar-refractivity contribution in [2.45, 2.75) is 25.9 Å². The Labute approximate surface area is 123 Å². The molecule has 0 saturated carbocycles. The van der Waals surface area contributed by atoms with Crippen molar-refractivity contribution in [3.8, 4) is 0 Å². The summed E-state index contributed by atoms with van der Waals surface area (Å²) in [5, 5.41) is 5.84. The second-order valence-corrected chi connectivity index (χ2v) is 6.05. The highest BCUT2D eigenvalue weighted by molar-refractivity contribution is 9.13. The maximum Gasteiger partial charge on any atom is 0.256 e. The Morgan fingerprint density at radius 2 is 2.06 bits per heavy atom. The van der Waals surface area contributed by atoms with Gasteiger partial charge in [0.05, 0.1) is 0 Å². The zero-order valence-electron chi connectivity index (χ0n) is 10.00. The molecular weight excluding hydrogens is 362 g/mol. The third-order valence-electron chi connectivity index (χ3n) is 2.43. The standard InChI is InChI=1S/C12H13Br2N3O/c1-6(2)15-12-16-10(11(18)17-12)7-3-4-8(13)9(14)5-7/h3-6,10H,1-2H3,(H2,15,16,17,18). The monoisotopic (exact) mass is 373 g/mol. The van der Waals surface area contributed by atoms with Gasteiger partial charge >= 0.3 is 0 Å². The number of halogens is 2. The van der Waals surface area contributed by atoms with E-state index in [9.17, 15) is 4.79 Å². The Bertz CT molecular complexity index is 514. The van der Waals surface area contributed by atoms with E-state index in [0.29, 0.717) is 5.96 Å². The lowest BCUT2D eigenvalue weighted by molar-refractivity contribution is -0.120. The van der Waals surface area contributed by atoms with Gasteiger partial charge in [0.25, 0.3) is 5.91 Å². The van der Waals surface area contributed by atoms with E-state index in [1.165, 1.54) is 0 Å². The smallest absolute Gasteiger partial charge is 0.256 e. The second kappa shape index (κ2) is 5.40. The minimum absolute atomic E-state index is 0.104. The third kappa shape index (κ3) is 2.92. The van der Waals surface area contributed by atoms with Crippen LogP contribution in [0, 0.1) is 0 Å². The van der Waals surface area contributed by atoms with Crippen molar-refractivity contribution < 1.29 is 4.79 Å². The van der Waals surface area contributed by atoms with E-state index in [4.69, 9.17) is 0 Å². The maximum absolute atomic E-state index is 11.9. The molecule has 0 saturated heterocycles. The minimum atomic E-state index is -0.476. The first-order valence-corrected chi connectivity index (χ1v) is 7.16. The van der Waals surface area contributed by atoms with Gasteiger partial charge in [0, 0.05) is 15.0 Å². The summed E-state index contributed by atoms with van der Waals surface area (Å²) >= 11 is 6.83. The first-order valence-electron chi connectivity index (χ1n) is 5.57. The molecule has 1 amide bonds. The van der Waals surface area contributed by atoms with Crippen LogP contribution in [0.15, 0.2) is 32.1 Å². The van der Waals surface area contributed by atoms with Crippen molar-refractivity contribution in [3.63, 3.8) is 0 Å². The van der Waals surface area contributed by atoms with E-state index in [-0.39, 0.29) is 11.9 Å². The molecule has 2 rings (SSSR count). The highest BCUT2D eigenvalue weighted by Gasteiger charge is 2.28. The molecule has 1 aromatic carbocycles. The molecule has 0 spiro atoms. The zero-order valence-corrected chi connectivity index (χ0v) is 13.2. The molecule has 1 atom stereocenters. The van der Waals surface area contributed by atoms with Gasteiger partial charge in [-0.15, -0.1) is 0 Å². The summed E-state index contributed by atoms with van der Waals surface area (Å²) < 4.78 is 1.86. The van der Waals surface area contributed by atoms with Gasteiger partial charge < -0.3 is 5.32 Å². The highest BCUT2D eigenvalue weighted by Crippen LogP contribution is 2.29. The molecule has 1 heterocycles. The summed E-state index contributed by atoms with van der Waals surface area (Å²) in [5.41, 5.74) is 0.864. The first-order chi connectivity index (χ1) is 8.47. The molecule has 2 N–H and O–H groups in total. The van der Waals surface area contributed by atoms with Crippen LogP contribution < -0.4 is 10.6 Å². The third-order valence-corrected chi connectivity index (χ3v) is 4.31. The molecule has 18 heavy (non-hydrogen) atoms. The molecule has 6 heteroatoms. The van der Waals surface area contributed by atoms with Crippen LogP contribution in [-0.2, 0) is 4.79 Å². The molecule has 0 aliphatic carbocycles. The maximum atomic E-state index is 11.9. The average molecular weight is 375 g/mol. The molecule has 1 aliphatic heterocycles. The number of amides is 1. The highest BCUT2D eigenvalue weighted by atomic mass is 79.9. The van der Waals surface area contributed by atoms with Crippen molar-refractivity contribution in [2.75, 3.05) is 0 Å². The van der Waals surface area contributed by atoms with E-state index < -0.39 is 6.04 Å². The van der Waals surface area contributed by atoms with Crippen LogP contribution in [0.5, 0.6) is 0 Å². The fourth-order valence-corrected chi connectivity index (χ4v) is 2.30. The fourth-order valence-electron chi connectivity index (χ4n) is 1.66. The molecular formula is C12H13Br2N3O. The van der Waals surface area contributed by atoms with Crippen LogP contribution in [-0.4, -0.2) is 17.9 Å². The molecule has 0 fully saturated rings. The van der Waals surface area contributed by atoms with Crippen LogP contribution in [0.4, 0.5) is 0 Å². The molecule has 0 radical (unpaired) electrons. The van der Waals surface area contributed by atoms with Crippen molar-refractivity contribution in [3.05, 3.63) is 32.7 Å². The van der Waals surface area contributed by atoms with Crippen LogP contribution in [0.1, 0.15) is 25.5 Å². The van der Waals surface area contributed by atoms with Gasteiger partial charge in [0.15, 0.2) is 12.0 Å². The summed E-state index contributed by atoms with van der Waals surface area (Å²) in [6, 6.07) is 5.45. The van der Waals surface area contributed by atoms with E-state index in [1.807, 2.05) is 32.0 Å². The predicted octanol–water partition coefficient (Wildman–Crippen LogP) is 2.74. The number of carbonyl (C=O) groups is 1. The average Bonchev–Trinajstić information content (AvgIpc) is 2.62. The van der Waals surface area contributed by atoms with Gasteiger partial charge in [-0.25, -0.2) is 4.99 Å². The Balaban J connectivity index is 2.24. The van der Waals surface area contributed by atoms with Crippen LogP contribution in [0.3, 0.4) is 0 Å². The normalized spacial score (nSPS) is 18.8. The van der Waals surface area contributed by atoms with Gasteiger partial charge in [-0.2, -0.15) is 0 Å². The lowest BCUT2D eigenvalue weighted by Gasteiger charge is -2.07. The number of guanidine groups is 1. The van der Waals surface area contributed by atoms with Crippen molar-refractivity contribution in [2.24, 2.45) is 4.99 Å². The van der Waals surface area contributed by atoms with Crippen LogP contribution >= 0.6 is 31.9 Å². The van der Waals surface area contributed by atoms with E-state index >= 15 is 0 Å². The van der Waals surface area contributed by atoms with Crippen molar-refractivity contribution >= 4 is 43.7 Å². The molecule has 96 valence electrons. The van der Waals surface area contributed by atoms with Gasteiger partial charge in [-0.05, 0) is 63.4 Å². The summed E-state index contributed by atoms with van der Waals surface area (Å²) in [4.78, 5) is 16.2. The van der Waals surface area contributed by atoms with Crippen LogP contribution in [0.2, 0.25) is 0 Å². The number of nitrogens with zero attached hydrogens (tertiary/aromatic N) is 1. The summed E-state index contributed by atoms with van der Waals surface area (Å²) in [6.45, 7) is 4.00. The van der Waals surface area contributed by atoms with Crippen LogP contribution in [0.25, 0.3) is 0 Å². The second-order valence-electron chi connectivity index (χ2n) is 4.34. The lowest BCUT2D eigenvalue weighted by Crippen LogP contribution is -2.40. The molecule has 1 unspecified atom stereocenters. The van der Waals surface area contributed by atoms with Gasteiger partial charge in [-0.1, -0.05) is 6.07 Å². The van der Waals surface area contributed by atoms with E-state index in [1.54, 1.807) is 0 Å². The molecule has 1 aliphatic rings. The lowest BCUT2D eigenvalue weighted by atomic mass is 10.1. The zero-order chi connectivity index (χ0) is 13.3. The fraction of sp³-hybridized carbons (Fsp3) is 0.333. The number of hydrogen-bond acceptors (Lipinski definition) is 3. The number of nitrogens with one attached hydrogen (secondary N) is 2. The summed E-state index contributed by atoms with van der Waals surface area (Å²) in [5.74, 6) is 0.436. The molecule has 4 nitrogen and oxygen atoms in total. The largest absolute Gasteiger partial charge is 0.354 e. The Hall–Kier alpha value is -0.880. The minimum Gasteiger partial charge on any atom is -0.354 e. The number of aliphatic imine (C=N–C) groups is 1. The number of rotatable bonds is 2. The quantitative estimate of drug-likeness (QED) is 0.836. The molecule has 0 bridgehead atoms. The first kappa shape index (κ1) is 13.5. The van der Waals surface area contributed by atoms with E-state index in [2.05, 4.69) is 47.5 Å². The number of benzene rings is 1. The summed E-state index contributed by atoms with van der Waals surface area (Å²) in [6.07, 6.45) is 0. The number of hydrogen-bond donors (Lipinski definition) is 2. The molecule has 0 aromatic heterocycles. The number of carbonyl (C=O) groups excluding carboxylic acids is 1. The topological polar surface area (TPSA) is 53.5 Å². The molecule has 1 aromatic rings. The SMILES string of the molecule is CC(C)NC1=NC(c2ccc(Br)c(Br)c2)C(=O)N1. The Kier molecular flexibility index (Phi) is 4.07. The van der Waals surface area contributed by atoms with E-state index in [0.717, 1.165) is 14.5 Å². The Morgan fingerprint density at radius 3 is 2.67 bits per heavy atom. The van der Waals surface area contributed by atoms with Gasteiger partial charge in [-0.3, -0.25) is 10.1 Å².